The molecular formula is C27H26N4O3S. The molecule has 0 fully saturated rings. The Bertz CT molecular complexity index is 1360. The van der Waals surface area contributed by atoms with E-state index in [0.29, 0.717) is 39.7 Å². The summed E-state index contributed by atoms with van der Waals surface area (Å²) in [4.78, 5) is 17.8. The Balaban J connectivity index is 1.46. The number of anilines is 3. The number of nitrogen functional groups attached to an aromatic ring is 2. The Morgan fingerprint density at radius 2 is 1.71 bits per heavy atom. The van der Waals surface area contributed by atoms with Crippen molar-refractivity contribution in [2.24, 2.45) is 0 Å². The topological polar surface area (TPSA) is 120 Å². The van der Waals surface area contributed by atoms with E-state index in [-0.39, 0.29) is 11.7 Å². The quantitative estimate of drug-likeness (QED) is 0.337. The van der Waals surface area contributed by atoms with E-state index in [0.717, 1.165) is 12.2 Å². The van der Waals surface area contributed by atoms with Crippen LogP contribution in [0.3, 0.4) is 0 Å². The van der Waals surface area contributed by atoms with Crippen molar-refractivity contribution in [3.63, 3.8) is 0 Å². The number of carbonyl (C=O) groups is 1. The highest BCUT2D eigenvalue weighted by Gasteiger charge is 2.13. The maximum atomic E-state index is 13.0. The van der Waals surface area contributed by atoms with Crippen LogP contribution in [0, 0.1) is 0 Å². The molecule has 0 saturated heterocycles. The molecule has 0 saturated carbocycles. The van der Waals surface area contributed by atoms with Gasteiger partial charge in [-0.3, -0.25) is 9.00 Å². The average molecular weight is 487 g/mol. The molecule has 35 heavy (non-hydrogen) atoms. The number of pyridine rings is 1. The standard InChI is InChI=1S/C27H26N4O3S/c1-35(33)23-16-19(25-12-11-24(28)26(29)31-25)15-20(17-23)27(32)30-21-7-9-22(10-8-21)34-14-13-18-5-3-2-4-6-18/h2-12,15-17H,13-14,28H2,1H3,(H2,29,31)(H,30,32). The molecular weight excluding hydrogens is 460 g/mol. The van der Waals surface area contributed by atoms with E-state index in [9.17, 15) is 9.00 Å². The smallest absolute Gasteiger partial charge is 0.255 e. The highest BCUT2D eigenvalue weighted by Crippen LogP contribution is 2.26. The SMILES string of the molecule is CS(=O)c1cc(C(=O)Nc2ccc(OCCc3ccccc3)cc2)cc(-c2ccc(N)c(N)n2)c1. The molecule has 1 heterocycles. The van der Waals surface area contributed by atoms with Gasteiger partial charge in [-0.15, -0.1) is 0 Å². The first-order chi connectivity index (χ1) is 16.9. The minimum atomic E-state index is -1.30. The number of benzene rings is 3. The van der Waals surface area contributed by atoms with Crippen LogP contribution in [0.1, 0.15) is 15.9 Å². The molecule has 0 aliphatic rings. The second kappa shape index (κ2) is 10.8. The summed E-state index contributed by atoms with van der Waals surface area (Å²) in [6.07, 6.45) is 2.37. The number of hydrogen-bond donors (Lipinski definition) is 3. The number of nitrogens with zero attached hydrogens (tertiary/aromatic N) is 1. The molecule has 4 rings (SSSR count). The summed E-state index contributed by atoms with van der Waals surface area (Å²) in [6, 6.07) is 25.7. The number of rotatable bonds is 8. The second-order valence-electron chi connectivity index (χ2n) is 7.93. The van der Waals surface area contributed by atoms with E-state index in [2.05, 4.69) is 22.4 Å². The first kappa shape index (κ1) is 24.0. The van der Waals surface area contributed by atoms with Crippen LogP contribution in [-0.4, -0.2) is 28.0 Å². The summed E-state index contributed by atoms with van der Waals surface area (Å²) >= 11 is 0. The third kappa shape index (κ3) is 6.24. The summed E-state index contributed by atoms with van der Waals surface area (Å²) in [5.74, 6) is 0.582. The zero-order valence-electron chi connectivity index (χ0n) is 19.2. The Hall–Kier alpha value is -4.17. The first-order valence-electron chi connectivity index (χ1n) is 11.0. The van der Waals surface area contributed by atoms with Gasteiger partial charge in [0.2, 0.25) is 0 Å². The molecule has 5 N–H and O–H groups in total. The van der Waals surface area contributed by atoms with Crippen LogP contribution in [0.15, 0.2) is 89.8 Å². The van der Waals surface area contributed by atoms with Crippen molar-refractivity contribution in [2.45, 2.75) is 11.3 Å². The molecule has 4 aromatic rings. The minimum Gasteiger partial charge on any atom is -0.493 e. The van der Waals surface area contributed by atoms with Gasteiger partial charge in [0.1, 0.15) is 11.6 Å². The summed E-state index contributed by atoms with van der Waals surface area (Å²) in [7, 11) is -1.30. The molecule has 1 aromatic heterocycles. The van der Waals surface area contributed by atoms with Crippen LogP contribution in [-0.2, 0) is 17.2 Å². The second-order valence-corrected chi connectivity index (χ2v) is 9.31. The third-order valence-electron chi connectivity index (χ3n) is 5.37. The molecule has 0 radical (unpaired) electrons. The molecule has 8 heteroatoms. The molecule has 1 unspecified atom stereocenters. The zero-order chi connectivity index (χ0) is 24.8. The van der Waals surface area contributed by atoms with Gasteiger partial charge >= 0.3 is 0 Å². The number of amides is 1. The van der Waals surface area contributed by atoms with Crippen LogP contribution in [0.5, 0.6) is 5.75 Å². The third-order valence-corrected chi connectivity index (χ3v) is 6.27. The van der Waals surface area contributed by atoms with Gasteiger partial charge in [0.25, 0.3) is 5.91 Å². The Kier molecular flexibility index (Phi) is 7.42. The lowest BCUT2D eigenvalue weighted by Gasteiger charge is -2.11. The predicted molar refractivity (Wildman–Crippen MR) is 141 cm³/mol. The molecule has 0 bridgehead atoms. The van der Waals surface area contributed by atoms with E-state index in [1.165, 1.54) is 5.56 Å². The van der Waals surface area contributed by atoms with Gasteiger partial charge in [0, 0.05) is 45.2 Å². The normalized spacial score (nSPS) is 11.6. The van der Waals surface area contributed by atoms with Crippen LogP contribution >= 0.6 is 0 Å². The Labute approximate surface area is 206 Å². The van der Waals surface area contributed by atoms with Crippen LogP contribution < -0.4 is 21.5 Å². The van der Waals surface area contributed by atoms with E-state index >= 15 is 0 Å². The number of nitrogens with one attached hydrogen (secondary N) is 1. The summed E-state index contributed by atoms with van der Waals surface area (Å²) < 4.78 is 18.0. The number of carbonyl (C=O) groups excluding carboxylic acids is 1. The van der Waals surface area contributed by atoms with E-state index in [1.807, 2.05) is 30.3 Å². The fourth-order valence-corrected chi connectivity index (χ4v) is 4.05. The number of nitrogens with two attached hydrogens (primary N) is 2. The average Bonchev–Trinajstić information content (AvgIpc) is 2.87. The maximum Gasteiger partial charge on any atom is 0.255 e. The lowest BCUT2D eigenvalue weighted by Crippen LogP contribution is -2.13. The molecule has 1 atom stereocenters. The highest BCUT2D eigenvalue weighted by molar-refractivity contribution is 7.84. The number of hydrogen-bond acceptors (Lipinski definition) is 6. The molecule has 7 nitrogen and oxygen atoms in total. The number of aromatic nitrogens is 1. The van der Waals surface area contributed by atoms with Gasteiger partial charge in [-0.05, 0) is 60.2 Å². The molecule has 178 valence electrons. The van der Waals surface area contributed by atoms with Gasteiger partial charge in [0.05, 0.1) is 18.0 Å². The van der Waals surface area contributed by atoms with E-state index in [4.69, 9.17) is 16.2 Å². The lowest BCUT2D eigenvalue weighted by atomic mass is 10.1. The Morgan fingerprint density at radius 3 is 2.40 bits per heavy atom. The van der Waals surface area contributed by atoms with E-state index < -0.39 is 10.8 Å². The van der Waals surface area contributed by atoms with Gasteiger partial charge in [0.15, 0.2) is 0 Å². The number of ether oxygens (including phenoxy) is 1. The zero-order valence-corrected chi connectivity index (χ0v) is 20.0. The van der Waals surface area contributed by atoms with Gasteiger partial charge < -0.3 is 21.5 Å². The minimum absolute atomic E-state index is 0.197. The molecule has 0 spiro atoms. The van der Waals surface area contributed by atoms with Crippen molar-refractivity contribution < 1.29 is 13.7 Å². The highest BCUT2D eigenvalue weighted by atomic mass is 32.2. The summed E-state index contributed by atoms with van der Waals surface area (Å²) in [6.45, 7) is 0.559. The van der Waals surface area contributed by atoms with Crippen LogP contribution in [0.4, 0.5) is 17.2 Å². The fraction of sp³-hybridized carbons (Fsp3) is 0.111. The van der Waals surface area contributed by atoms with Crippen molar-refractivity contribution >= 4 is 33.9 Å². The van der Waals surface area contributed by atoms with Crippen molar-refractivity contribution in [1.29, 1.82) is 0 Å². The lowest BCUT2D eigenvalue weighted by molar-refractivity contribution is 0.102. The van der Waals surface area contributed by atoms with E-state index in [1.54, 1.807) is 48.7 Å². The molecule has 0 aliphatic carbocycles. The Morgan fingerprint density at radius 1 is 0.971 bits per heavy atom. The van der Waals surface area contributed by atoms with Crippen LogP contribution in [0.25, 0.3) is 11.3 Å². The van der Waals surface area contributed by atoms with Crippen LogP contribution in [0.2, 0.25) is 0 Å². The maximum absolute atomic E-state index is 13.0. The van der Waals surface area contributed by atoms with Crippen molar-refractivity contribution in [2.75, 3.05) is 29.6 Å². The summed E-state index contributed by atoms with van der Waals surface area (Å²) in [5, 5.41) is 2.87. The van der Waals surface area contributed by atoms with Crippen molar-refractivity contribution in [1.82, 2.24) is 4.98 Å². The van der Waals surface area contributed by atoms with Gasteiger partial charge in [-0.2, -0.15) is 0 Å². The van der Waals surface area contributed by atoms with Gasteiger partial charge in [-0.1, -0.05) is 30.3 Å². The van der Waals surface area contributed by atoms with Gasteiger partial charge in [-0.25, -0.2) is 4.98 Å². The largest absolute Gasteiger partial charge is 0.493 e. The summed E-state index contributed by atoms with van der Waals surface area (Å²) in [5.41, 5.74) is 15.3. The first-order valence-corrected chi connectivity index (χ1v) is 12.5. The fourth-order valence-electron chi connectivity index (χ4n) is 3.46. The molecule has 0 aliphatic heterocycles. The van der Waals surface area contributed by atoms with Crippen molar-refractivity contribution in [3.8, 4) is 17.0 Å². The molecule has 3 aromatic carbocycles. The predicted octanol–water partition coefficient (Wildman–Crippen LogP) is 4.52. The van der Waals surface area contributed by atoms with Crippen molar-refractivity contribution in [3.05, 3.63) is 96.1 Å². The monoisotopic (exact) mass is 486 g/mol. The molecule has 1 amide bonds.